The van der Waals surface area contributed by atoms with Gasteiger partial charge in [0.05, 0.1) is 19.2 Å². The minimum Gasteiger partial charge on any atom is -0.394 e. The second-order valence-corrected chi connectivity index (χ2v) is 6.80. The van der Waals surface area contributed by atoms with E-state index in [2.05, 4.69) is 0 Å². The minimum absolute atomic E-state index is 0.0552. The first-order valence-electron chi connectivity index (χ1n) is 8.34. The molecule has 0 radical (unpaired) electrons. The molecule has 1 aromatic heterocycles. The molecule has 1 N–H and O–H groups in total. The zero-order chi connectivity index (χ0) is 16.7. The number of thiophene rings is 1. The van der Waals surface area contributed by atoms with Crippen LogP contribution < -0.4 is 0 Å². The van der Waals surface area contributed by atoms with Gasteiger partial charge < -0.3 is 14.9 Å². The number of aliphatic hydroxyl groups excluding tert-OH is 1. The molecule has 5 nitrogen and oxygen atoms in total. The van der Waals surface area contributed by atoms with Crippen molar-refractivity contribution >= 4 is 23.2 Å². The SMILES string of the molecule is CCC(CO)N(Cc1ccsc1)C(=O)CN1CCCCCC1=O. The van der Waals surface area contributed by atoms with Crippen molar-refractivity contribution in [1.29, 1.82) is 0 Å². The Morgan fingerprint density at radius 1 is 1.43 bits per heavy atom. The first-order chi connectivity index (χ1) is 11.2. The number of carbonyl (C=O) groups excluding carboxylic acids is 2. The fourth-order valence-corrected chi connectivity index (χ4v) is 3.57. The van der Waals surface area contributed by atoms with Crippen LogP contribution in [0, 0.1) is 0 Å². The highest BCUT2D eigenvalue weighted by Gasteiger charge is 2.26. The van der Waals surface area contributed by atoms with Crippen molar-refractivity contribution in [3.05, 3.63) is 22.4 Å². The van der Waals surface area contributed by atoms with Crippen molar-refractivity contribution in [3.63, 3.8) is 0 Å². The zero-order valence-corrected chi connectivity index (χ0v) is 14.6. The van der Waals surface area contributed by atoms with Crippen LogP contribution in [0.4, 0.5) is 0 Å². The second-order valence-electron chi connectivity index (χ2n) is 6.02. The zero-order valence-electron chi connectivity index (χ0n) is 13.7. The molecule has 128 valence electrons. The smallest absolute Gasteiger partial charge is 0.242 e. The Morgan fingerprint density at radius 3 is 2.91 bits per heavy atom. The molecule has 6 heteroatoms. The van der Waals surface area contributed by atoms with Crippen molar-refractivity contribution in [3.8, 4) is 0 Å². The summed E-state index contributed by atoms with van der Waals surface area (Å²) in [5.74, 6) is -0.00395. The van der Waals surface area contributed by atoms with Crippen LogP contribution in [0.1, 0.15) is 44.6 Å². The van der Waals surface area contributed by atoms with Crippen LogP contribution in [0.5, 0.6) is 0 Å². The second kappa shape index (κ2) is 9.03. The van der Waals surface area contributed by atoms with E-state index in [0.717, 1.165) is 24.8 Å². The molecule has 1 aromatic rings. The molecule has 2 amide bonds. The normalized spacial score (nSPS) is 17.0. The van der Waals surface area contributed by atoms with Crippen LogP contribution in [-0.2, 0) is 16.1 Å². The molecule has 0 saturated carbocycles. The largest absolute Gasteiger partial charge is 0.394 e. The highest BCUT2D eigenvalue weighted by molar-refractivity contribution is 7.07. The first kappa shape index (κ1) is 17.9. The molecule has 0 aromatic carbocycles. The topological polar surface area (TPSA) is 60.9 Å². The Labute approximate surface area is 141 Å². The van der Waals surface area contributed by atoms with Gasteiger partial charge in [-0.1, -0.05) is 13.3 Å². The fourth-order valence-electron chi connectivity index (χ4n) is 2.91. The highest BCUT2D eigenvalue weighted by Crippen LogP contribution is 2.16. The van der Waals surface area contributed by atoms with Gasteiger partial charge in [0.15, 0.2) is 0 Å². The van der Waals surface area contributed by atoms with Crippen LogP contribution in [0.2, 0.25) is 0 Å². The number of hydrogen-bond acceptors (Lipinski definition) is 4. The van der Waals surface area contributed by atoms with Gasteiger partial charge in [0.1, 0.15) is 0 Å². The molecule has 0 spiro atoms. The van der Waals surface area contributed by atoms with Gasteiger partial charge in [0.25, 0.3) is 0 Å². The van der Waals surface area contributed by atoms with E-state index in [-0.39, 0.29) is 31.0 Å². The van der Waals surface area contributed by atoms with E-state index in [1.54, 1.807) is 21.1 Å². The Kier molecular flexibility index (Phi) is 7.05. The van der Waals surface area contributed by atoms with E-state index in [1.165, 1.54) is 0 Å². The van der Waals surface area contributed by atoms with Crippen molar-refractivity contribution in [2.24, 2.45) is 0 Å². The van der Waals surface area contributed by atoms with E-state index in [9.17, 15) is 14.7 Å². The number of carbonyl (C=O) groups is 2. The molecule has 0 bridgehead atoms. The summed E-state index contributed by atoms with van der Waals surface area (Å²) in [5.41, 5.74) is 1.07. The van der Waals surface area contributed by atoms with Crippen molar-refractivity contribution in [2.75, 3.05) is 19.7 Å². The third kappa shape index (κ3) is 5.04. The molecular weight excluding hydrogens is 312 g/mol. The van der Waals surface area contributed by atoms with E-state index in [4.69, 9.17) is 0 Å². The summed E-state index contributed by atoms with van der Waals surface area (Å²) < 4.78 is 0. The Morgan fingerprint density at radius 2 is 2.26 bits per heavy atom. The van der Waals surface area contributed by atoms with Crippen LogP contribution in [0.25, 0.3) is 0 Å². The average Bonchev–Trinajstić information content (AvgIpc) is 2.98. The van der Waals surface area contributed by atoms with Crippen molar-refractivity contribution in [2.45, 2.75) is 51.6 Å². The molecule has 1 fully saturated rings. The molecule has 2 heterocycles. The third-order valence-electron chi connectivity index (χ3n) is 4.37. The minimum atomic E-state index is -0.204. The van der Waals surface area contributed by atoms with Gasteiger partial charge in [-0.05, 0) is 41.7 Å². The summed E-state index contributed by atoms with van der Waals surface area (Å²) in [6, 6.07) is 1.79. The average molecular weight is 338 g/mol. The van der Waals surface area contributed by atoms with E-state index in [0.29, 0.717) is 25.9 Å². The lowest BCUT2D eigenvalue weighted by molar-refractivity contribution is -0.142. The summed E-state index contributed by atoms with van der Waals surface area (Å²) in [6.45, 7) is 3.18. The molecule has 1 unspecified atom stereocenters. The van der Waals surface area contributed by atoms with Gasteiger partial charge in [-0.3, -0.25) is 9.59 Å². The van der Waals surface area contributed by atoms with Crippen LogP contribution in [0.3, 0.4) is 0 Å². The summed E-state index contributed by atoms with van der Waals surface area (Å²) in [4.78, 5) is 28.3. The molecule has 1 atom stereocenters. The van der Waals surface area contributed by atoms with Gasteiger partial charge >= 0.3 is 0 Å². The number of rotatable bonds is 7. The Balaban J connectivity index is 2.06. The lowest BCUT2D eigenvalue weighted by Crippen LogP contribution is -2.47. The number of aliphatic hydroxyl groups is 1. The van der Waals surface area contributed by atoms with Crippen LogP contribution in [0.15, 0.2) is 16.8 Å². The van der Waals surface area contributed by atoms with Gasteiger partial charge in [0, 0.05) is 19.5 Å². The number of nitrogens with zero attached hydrogens (tertiary/aromatic N) is 2. The molecule has 2 rings (SSSR count). The summed E-state index contributed by atoms with van der Waals surface area (Å²) in [5, 5.41) is 13.6. The highest BCUT2D eigenvalue weighted by atomic mass is 32.1. The number of hydrogen-bond donors (Lipinski definition) is 1. The van der Waals surface area contributed by atoms with E-state index >= 15 is 0 Å². The van der Waals surface area contributed by atoms with Gasteiger partial charge in [-0.25, -0.2) is 0 Å². The maximum atomic E-state index is 12.8. The first-order valence-corrected chi connectivity index (χ1v) is 9.29. The Bertz CT molecular complexity index is 500. The summed E-state index contributed by atoms with van der Waals surface area (Å²) in [6.07, 6.45) is 4.15. The molecular formula is C17H26N2O3S. The molecule has 0 aliphatic carbocycles. The third-order valence-corrected chi connectivity index (χ3v) is 5.11. The van der Waals surface area contributed by atoms with Crippen LogP contribution >= 0.6 is 11.3 Å². The molecule has 1 aliphatic heterocycles. The van der Waals surface area contributed by atoms with Gasteiger partial charge in [0.2, 0.25) is 11.8 Å². The number of likely N-dealkylation sites (tertiary alicyclic amines) is 1. The quantitative estimate of drug-likeness (QED) is 0.829. The maximum absolute atomic E-state index is 12.8. The molecule has 1 saturated heterocycles. The standard InChI is InChI=1S/C17H26N2O3S/c1-2-15(12-20)19(10-14-7-9-23-13-14)17(22)11-18-8-5-3-4-6-16(18)21/h7,9,13,15,20H,2-6,8,10-12H2,1H3. The number of amides is 2. The van der Waals surface area contributed by atoms with Gasteiger partial charge in [-0.2, -0.15) is 11.3 Å². The lowest BCUT2D eigenvalue weighted by atomic mass is 10.1. The molecule has 1 aliphatic rings. The predicted octanol–water partition coefficient (Wildman–Crippen LogP) is 2.25. The predicted molar refractivity (Wildman–Crippen MR) is 91.1 cm³/mol. The summed E-state index contributed by atoms with van der Waals surface area (Å²) >= 11 is 1.59. The Hall–Kier alpha value is -1.40. The lowest BCUT2D eigenvalue weighted by Gasteiger charge is -2.32. The van der Waals surface area contributed by atoms with Crippen LogP contribution in [-0.4, -0.2) is 52.5 Å². The van der Waals surface area contributed by atoms with Crippen molar-refractivity contribution in [1.82, 2.24) is 9.80 Å². The monoisotopic (exact) mass is 338 g/mol. The van der Waals surface area contributed by atoms with Crippen molar-refractivity contribution < 1.29 is 14.7 Å². The fraction of sp³-hybridized carbons (Fsp3) is 0.647. The maximum Gasteiger partial charge on any atom is 0.242 e. The molecule has 23 heavy (non-hydrogen) atoms. The summed E-state index contributed by atoms with van der Waals surface area (Å²) in [7, 11) is 0. The van der Waals surface area contributed by atoms with E-state index < -0.39 is 0 Å². The van der Waals surface area contributed by atoms with Gasteiger partial charge in [-0.15, -0.1) is 0 Å². The van der Waals surface area contributed by atoms with E-state index in [1.807, 2.05) is 23.8 Å².